The van der Waals surface area contributed by atoms with Crippen LogP contribution in [0.15, 0.2) is 10.0 Å². The van der Waals surface area contributed by atoms with E-state index >= 15 is 0 Å². The van der Waals surface area contributed by atoms with Crippen LogP contribution < -0.4 is 5.32 Å². The minimum atomic E-state index is 0.769. The number of thioether (sulfide) groups is 1. The summed E-state index contributed by atoms with van der Waals surface area (Å²) in [5, 5.41) is 3.98. The highest BCUT2D eigenvalue weighted by molar-refractivity contribution is 7.99. The van der Waals surface area contributed by atoms with Gasteiger partial charge in [-0.3, -0.25) is 4.99 Å². The minimum absolute atomic E-state index is 0.769. The van der Waals surface area contributed by atoms with E-state index in [0.717, 1.165) is 28.1 Å². The van der Waals surface area contributed by atoms with Crippen molar-refractivity contribution in [3.63, 3.8) is 0 Å². The molecule has 82 valence electrons. The molecule has 15 heavy (non-hydrogen) atoms. The highest BCUT2D eigenvalue weighted by Crippen LogP contribution is 2.32. The lowest BCUT2D eigenvalue weighted by molar-refractivity contribution is 0.967. The molecular formula is C10H16N4S. The molecule has 0 saturated heterocycles. The summed E-state index contributed by atoms with van der Waals surface area (Å²) >= 11 is 1.68. The number of aliphatic imine (C=N–C) groups is 1. The third kappa shape index (κ3) is 2.92. The van der Waals surface area contributed by atoms with Crippen LogP contribution in [0.5, 0.6) is 0 Å². The second-order valence-electron chi connectivity index (χ2n) is 2.84. The smallest absolute Gasteiger partial charge is 0.156 e. The third-order valence-electron chi connectivity index (χ3n) is 1.74. The van der Waals surface area contributed by atoms with E-state index in [9.17, 15) is 0 Å². The normalized spacial score (nSPS) is 10.9. The summed E-state index contributed by atoms with van der Waals surface area (Å²) in [7, 11) is 1.84. The van der Waals surface area contributed by atoms with E-state index < -0.39 is 0 Å². The van der Waals surface area contributed by atoms with Crippen LogP contribution in [0.3, 0.4) is 0 Å². The summed E-state index contributed by atoms with van der Waals surface area (Å²) in [5.41, 5.74) is 0.831. The van der Waals surface area contributed by atoms with Crippen molar-refractivity contribution < 1.29 is 0 Å². The summed E-state index contributed by atoms with van der Waals surface area (Å²) in [5.74, 6) is 2.54. The zero-order valence-corrected chi connectivity index (χ0v) is 10.4. The minimum Gasteiger partial charge on any atom is -0.371 e. The van der Waals surface area contributed by atoms with Crippen molar-refractivity contribution in [2.75, 3.05) is 18.1 Å². The van der Waals surface area contributed by atoms with Gasteiger partial charge >= 0.3 is 0 Å². The molecule has 0 aromatic carbocycles. The van der Waals surface area contributed by atoms with Gasteiger partial charge in [0.05, 0.1) is 0 Å². The van der Waals surface area contributed by atoms with Gasteiger partial charge in [0.25, 0.3) is 0 Å². The molecule has 1 aromatic rings. The van der Waals surface area contributed by atoms with Crippen LogP contribution in [0.25, 0.3) is 0 Å². The average molecular weight is 224 g/mol. The van der Waals surface area contributed by atoms with E-state index in [0.29, 0.717) is 0 Å². The van der Waals surface area contributed by atoms with Crippen molar-refractivity contribution in [3.8, 4) is 0 Å². The maximum absolute atomic E-state index is 4.39. The summed E-state index contributed by atoms with van der Waals surface area (Å²) < 4.78 is 0. The number of rotatable bonds is 4. The third-order valence-corrected chi connectivity index (χ3v) is 2.59. The second-order valence-corrected chi connectivity index (χ2v) is 4.10. The molecule has 0 spiro atoms. The van der Waals surface area contributed by atoms with Crippen molar-refractivity contribution in [2.45, 2.75) is 25.8 Å². The maximum Gasteiger partial charge on any atom is 0.156 e. The second kappa shape index (κ2) is 5.70. The highest BCUT2D eigenvalue weighted by Gasteiger charge is 2.10. The first-order valence-corrected chi connectivity index (χ1v) is 5.89. The average Bonchev–Trinajstić information content (AvgIpc) is 2.22. The van der Waals surface area contributed by atoms with Gasteiger partial charge in [0.15, 0.2) is 5.82 Å². The topological polar surface area (TPSA) is 50.2 Å². The fraction of sp³-hybridized carbons (Fsp3) is 0.500. The van der Waals surface area contributed by atoms with E-state index in [1.807, 2.05) is 20.9 Å². The van der Waals surface area contributed by atoms with Crippen molar-refractivity contribution in [1.29, 1.82) is 0 Å². The van der Waals surface area contributed by atoms with Crippen LogP contribution in [0, 0.1) is 6.92 Å². The first-order chi connectivity index (χ1) is 7.22. The van der Waals surface area contributed by atoms with E-state index in [-0.39, 0.29) is 0 Å². The zero-order valence-electron chi connectivity index (χ0n) is 9.53. The Morgan fingerprint density at radius 1 is 1.47 bits per heavy atom. The van der Waals surface area contributed by atoms with Crippen molar-refractivity contribution in [2.24, 2.45) is 4.99 Å². The number of aromatic nitrogens is 2. The Balaban J connectivity index is 3.26. The molecule has 5 heteroatoms. The van der Waals surface area contributed by atoms with Gasteiger partial charge in [0.2, 0.25) is 0 Å². The lowest BCUT2D eigenvalue weighted by atomic mass is 10.4. The molecule has 0 saturated carbocycles. The van der Waals surface area contributed by atoms with Gasteiger partial charge in [-0.25, -0.2) is 9.97 Å². The van der Waals surface area contributed by atoms with Crippen LogP contribution >= 0.6 is 11.8 Å². The largest absolute Gasteiger partial charge is 0.371 e. The van der Waals surface area contributed by atoms with E-state index in [1.54, 1.807) is 18.0 Å². The first-order valence-electron chi connectivity index (χ1n) is 4.90. The Morgan fingerprint density at radius 3 is 2.73 bits per heavy atom. The monoisotopic (exact) mass is 224 g/mol. The zero-order chi connectivity index (χ0) is 11.3. The van der Waals surface area contributed by atoms with Crippen LogP contribution in [0.4, 0.5) is 11.5 Å². The van der Waals surface area contributed by atoms with Gasteiger partial charge < -0.3 is 5.32 Å². The standard InChI is InChI=1S/C10H16N4S/c1-5-12-8-9(11-4)13-7(3)14-10(8)15-6-2/h5H,6H2,1-4H3,(H,11,13,14)/b12-5-. The molecule has 0 aliphatic rings. The Morgan fingerprint density at radius 2 is 2.20 bits per heavy atom. The van der Waals surface area contributed by atoms with Gasteiger partial charge in [-0.1, -0.05) is 6.92 Å². The molecule has 0 radical (unpaired) electrons. The quantitative estimate of drug-likeness (QED) is 0.485. The van der Waals surface area contributed by atoms with Gasteiger partial charge in [0.1, 0.15) is 16.5 Å². The molecule has 4 nitrogen and oxygen atoms in total. The Kier molecular flexibility index (Phi) is 4.55. The molecule has 1 rings (SSSR count). The molecule has 0 bridgehead atoms. The number of aryl methyl sites for hydroxylation is 1. The Bertz CT molecular complexity index is 363. The molecule has 0 fully saturated rings. The Hall–Kier alpha value is -1.10. The molecular weight excluding hydrogens is 208 g/mol. The predicted molar refractivity (Wildman–Crippen MR) is 66.5 cm³/mol. The molecule has 1 aromatic heterocycles. The van der Waals surface area contributed by atoms with Gasteiger partial charge in [0, 0.05) is 13.3 Å². The molecule has 1 N–H and O–H groups in total. The van der Waals surface area contributed by atoms with Gasteiger partial charge in [-0.2, -0.15) is 0 Å². The summed E-state index contributed by atoms with van der Waals surface area (Å²) in [6.07, 6.45) is 1.76. The van der Waals surface area contributed by atoms with Crippen LogP contribution in [-0.2, 0) is 0 Å². The van der Waals surface area contributed by atoms with Crippen molar-refractivity contribution in [1.82, 2.24) is 9.97 Å². The maximum atomic E-state index is 4.39. The van der Waals surface area contributed by atoms with Crippen LogP contribution in [0.2, 0.25) is 0 Å². The van der Waals surface area contributed by atoms with E-state index in [2.05, 4.69) is 27.2 Å². The Labute approximate surface area is 94.6 Å². The predicted octanol–water partition coefficient (Wildman–Crippen LogP) is 2.66. The van der Waals surface area contributed by atoms with Crippen LogP contribution in [0.1, 0.15) is 19.7 Å². The molecule has 1 heterocycles. The van der Waals surface area contributed by atoms with Crippen LogP contribution in [-0.4, -0.2) is 29.0 Å². The van der Waals surface area contributed by atoms with Gasteiger partial charge in [-0.05, 0) is 19.6 Å². The number of nitrogens with zero attached hydrogens (tertiary/aromatic N) is 3. The number of anilines is 1. The molecule has 0 amide bonds. The molecule has 0 atom stereocenters. The fourth-order valence-electron chi connectivity index (χ4n) is 1.20. The lowest BCUT2D eigenvalue weighted by Gasteiger charge is -2.09. The van der Waals surface area contributed by atoms with E-state index in [1.165, 1.54) is 0 Å². The number of nitrogens with one attached hydrogen (secondary N) is 1. The highest BCUT2D eigenvalue weighted by atomic mass is 32.2. The summed E-state index contributed by atoms with van der Waals surface area (Å²) in [4.78, 5) is 13.0. The van der Waals surface area contributed by atoms with Crippen molar-refractivity contribution >= 4 is 29.5 Å². The first kappa shape index (κ1) is 12.0. The van der Waals surface area contributed by atoms with Crippen molar-refractivity contribution in [3.05, 3.63) is 5.82 Å². The molecule has 0 unspecified atom stereocenters. The summed E-state index contributed by atoms with van der Waals surface area (Å²) in [6.45, 7) is 5.88. The number of hydrogen-bond acceptors (Lipinski definition) is 5. The SMILES string of the molecule is C/C=N\c1c(NC)nc(C)nc1SCC. The summed E-state index contributed by atoms with van der Waals surface area (Å²) in [6, 6.07) is 0. The molecule has 0 aliphatic carbocycles. The van der Waals surface area contributed by atoms with Gasteiger partial charge in [-0.15, -0.1) is 11.8 Å². The number of hydrogen-bond donors (Lipinski definition) is 1. The molecule has 0 aliphatic heterocycles. The van der Waals surface area contributed by atoms with E-state index in [4.69, 9.17) is 0 Å². The fourth-order valence-corrected chi connectivity index (χ4v) is 1.95. The lowest BCUT2D eigenvalue weighted by Crippen LogP contribution is -1.99.